The fourth-order valence-electron chi connectivity index (χ4n) is 1.70. The summed E-state index contributed by atoms with van der Waals surface area (Å²) in [5.41, 5.74) is 0. The Hall–Kier alpha value is -1.73. The second-order valence-corrected chi connectivity index (χ2v) is 6.97. The lowest BCUT2D eigenvalue weighted by Gasteiger charge is -2.06. The maximum absolute atomic E-state index is 11.8. The third kappa shape index (κ3) is 5.57. The number of hydrogen-bond donors (Lipinski definition) is 2. The second kappa shape index (κ2) is 8.65. The van der Waals surface area contributed by atoms with E-state index in [0.29, 0.717) is 11.4 Å². The zero-order chi connectivity index (χ0) is 15.8. The first kappa shape index (κ1) is 16.6. The van der Waals surface area contributed by atoms with Gasteiger partial charge in [-0.15, -0.1) is 11.3 Å². The molecular weight excluding hydrogens is 320 g/mol. The predicted molar refractivity (Wildman–Crippen MR) is 89.3 cm³/mol. The van der Waals surface area contributed by atoms with Crippen LogP contribution in [0.15, 0.2) is 34.9 Å². The number of hydrogen-bond acceptors (Lipinski definition) is 5. The Bertz CT molecular complexity index is 608. The summed E-state index contributed by atoms with van der Waals surface area (Å²) >= 11 is 3.10. The van der Waals surface area contributed by atoms with Crippen molar-refractivity contribution in [2.75, 3.05) is 18.8 Å². The molecule has 0 aliphatic carbocycles. The predicted octanol–water partition coefficient (Wildman–Crippen LogP) is 2.43. The Kier molecular flexibility index (Phi) is 6.54. The quantitative estimate of drug-likeness (QED) is 0.725. The summed E-state index contributed by atoms with van der Waals surface area (Å²) < 4.78 is 5.22. The smallest absolute Gasteiger partial charge is 0.261 e. The first-order valence-electron chi connectivity index (χ1n) is 6.86. The highest BCUT2D eigenvalue weighted by Crippen LogP contribution is 2.14. The minimum atomic E-state index is -0.208. The van der Waals surface area contributed by atoms with Crippen molar-refractivity contribution in [1.82, 2.24) is 10.6 Å². The monoisotopic (exact) mass is 338 g/mol. The van der Waals surface area contributed by atoms with Crippen molar-refractivity contribution in [1.29, 1.82) is 0 Å². The average molecular weight is 338 g/mol. The fraction of sp³-hybridized carbons (Fsp3) is 0.333. The number of thiophene rings is 1. The van der Waals surface area contributed by atoms with Crippen LogP contribution >= 0.6 is 23.1 Å². The maximum atomic E-state index is 11.8. The summed E-state index contributed by atoms with van der Waals surface area (Å²) in [5, 5.41) is 5.39. The Morgan fingerprint density at radius 2 is 2.14 bits per heavy atom. The third-order valence-electron chi connectivity index (χ3n) is 2.77. The highest BCUT2D eigenvalue weighted by atomic mass is 32.2. The molecule has 0 unspecified atom stereocenters. The molecule has 0 saturated carbocycles. The van der Waals surface area contributed by atoms with Gasteiger partial charge in [-0.1, -0.05) is 0 Å². The van der Waals surface area contributed by atoms with E-state index in [0.717, 1.165) is 22.1 Å². The molecule has 0 bridgehead atoms. The zero-order valence-electron chi connectivity index (χ0n) is 12.3. The molecular formula is C15H18N2O3S2. The number of amides is 2. The van der Waals surface area contributed by atoms with Crippen LogP contribution < -0.4 is 10.6 Å². The number of furan rings is 1. The van der Waals surface area contributed by atoms with Gasteiger partial charge in [-0.2, -0.15) is 11.8 Å². The highest BCUT2D eigenvalue weighted by molar-refractivity contribution is 7.98. The van der Waals surface area contributed by atoms with Crippen molar-refractivity contribution >= 4 is 34.9 Å². The Morgan fingerprint density at radius 3 is 2.82 bits per heavy atom. The molecule has 2 rings (SSSR count). The van der Waals surface area contributed by atoms with E-state index < -0.39 is 0 Å². The van der Waals surface area contributed by atoms with E-state index in [1.807, 2.05) is 25.1 Å². The van der Waals surface area contributed by atoms with Crippen molar-refractivity contribution in [2.45, 2.75) is 12.7 Å². The largest absolute Gasteiger partial charge is 0.468 e. The molecule has 0 aliphatic heterocycles. The van der Waals surface area contributed by atoms with Gasteiger partial charge in [0.05, 0.1) is 23.4 Å². The Morgan fingerprint density at radius 1 is 1.27 bits per heavy atom. The van der Waals surface area contributed by atoms with Gasteiger partial charge in [0.25, 0.3) is 5.91 Å². The highest BCUT2D eigenvalue weighted by Gasteiger charge is 2.09. The van der Waals surface area contributed by atoms with Crippen LogP contribution in [0.25, 0.3) is 0 Å². The van der Waals surface area contributed by atoms with Crippen LogP contribution in [0.4, 0.5) is 0 Å². The Labute approximate surface area is 137 Å². The molecule has 2 amide bonds. The summed E-state index contributed by atoms with van der Waals surface area (Å²) in [4.78, 5) is 25.1. The van der Waals surface area contributed by atoms with E-state index in [1.165, 1.54) is 11.3 Å². The Balaban J connectivity index is 1.55. The van der Waals surface area contributed by atoms with Crippen molar-refractivity contribution in [3.05, 3.63) is 46.0 Å². The van der Waals surface area contributed by atoms with Gasteiger partial charge in [0.15, 0.2) is 0 Å². The molecule has 0 atom stereocenters. The van der Waals surface area contributed by atoms with Crippen LogP contribution in [0.3, 0.4) is 0 Å². The molecule has 2 heterocycles. The molecule has 2 aromatic heterocycles. The van der Waals surface area contributed by atoms with Crippen LogP contribution in [0, 0.1) is 6.92 Å². The number of aryl methyl sites for hydroxylation is 1. The van der Waals surface area contributed by atoms with E-state index in [4.69, 9.17) is 4.42 Å². The molecule has 0 fully saturated rings. The molecule has 0 aliphatic rings. The maximum Gasteiger partial charge on any atom is 0.261 e. The molecule has 0 saturated heterocycles. The van der Waals surface area contributed by atoms with Crippen molar-refractivity contribution < 1.29 is 14.0 Å². The second-order valence-electron chi connectivity index (χ2n) is 4.57. The van der Waals surface area contributed by atoms with Gasteiger partial charge in [0.2, 0.25) is 5.91 Å². The van der Waals surface area contributed by atoms with Crippen LogP contribution in [-0.2, 0) is 10.5 Å². The number of thioether (sulfide) groups is 1. The van der Waals surface area contributed by atoms with Crippen molar-refractivity contribution in [3.8, 4) is 0 Å². The summed E-state index contributed by atoms with van der Waals surface area (Å²) in [6.45, 7) is 2.51. The molecule has 0 radical (unpaired) electrons. The third-order valence-corrected chi connectivity index (χ3v) is 4.75. The van der Waals surface area contributed by atoms with Crippen LogP contribution in [-0.4, -0.2) is 30.7 Å². The topological polar surface area (TPSA) is 71.3 Å². The molecule has 2 aromatic rings. The lowest BCUT2D eigenvalue weighted by Crippen LogP contribution is -2.37. The fourth-order valence-corrected chi connectivity index (χ4v) is 3.24. The summed E-state index contributed by atoms with van der Waals surface area (Å²) in [6.07, 6.45) is 1.65. The van der Waals surface area contributed by atoms with E-state index in [2.05, 4.69) is 10.6 Å². The van der Waals surface area contributed by atoms with Gasteiger partial charge < -0.3 is 15.1 Å². The van der Waals surface area contributed by atoms with Crippen molar-refractivity contribution in [3.63, 3.8) is 0 Å². The first-order valence-corrected chi connectivity index (χ1v) is 8.84. The minimum absolute atomic E-state index is 0.00136. The number of carbonyl (C=O) groups excluding carboxylic acids is 2. The summed E-state index contributed by atoms with van der Waals surface area (Å²) in [5.74, 6) is 2.12. The molecule has 22 heavy (non-hydrogen) atoms. The zero-order valence-corrected chi connectivity index (χ0v) is 13.9. The van der Waals surface area contributed by atoms with Crippen LogP contribution in [0.5, 0.6) is 0 Å². The number of carbonyl (C=O) groups is 2. The van der Waals surface area contributed by atoms with Gasteiger partial charge in [-0.05, 0) is 31.2 Å². The van der Waals surface area contributed by atoms with Crippen LogP contribution in [0.2, 0.25) is 0 Å². The normalized spacial score (nSPS) is 10.4. The molecule has 2 N–H and O–H groups in total. The summed E-state index contributed by atoms with van der Waals surface area (Å²) in [6, 6.07) is 7.43. The van der Waals surface area contributed by atoms with Gasteiger partial charge in [0, 0.05) is 17.2 Å². The average Bonchev–Trinajstić information content (AvgIpc) is 3.16. The van der Waals surface area contributed by atoms with E-state index in [1.54, 1.807) is 24.1 Å². The number of rotatable bonds is 8. The van der Waals surface area contributed by atoms with E-state index in [-0.39, 0.29) is 18.4 Å². The molecule has 0 spiro atoms. The SMILES string of the molecule is Cc1ccc(C(=O)NCC(=O)NCCSCc2ccco2)s1. The minimum Gasteiger partial charge on any atom is -0.468 e. The first-order chi connectivity index (χ1) is 10.6. The molecule has 0 aromatic carbocycles. The van der Waals surface area contributed by atoms with Gasteiger partial charge >= 0.3 is 0 Å². The van der Waals surface area contributed by atoms with Crippen LogP contribution in [0.1, 0.15) is 20.3 Å². The van der Waals surface area contributed by atoms with Crippen molar-refractivity contribution in [2.24, 2.45) is 0 Å². The molecule has 7 heteroatoms. The summed E-state index contributed by atoms with van der Waals surface area (Å²) in [7, 11) is 0. The van der Waals surface area contributed by atoms with E-state index >= 15 is 0 Å². The van der Waals surface area contributed by atoms with Gasteiger partial charge in [-0.25, -0.2) is 0 Å². The lowest BCUT2D eigenvalue weighted by atomic mass is 10.4. The van der Waals surface area contributed by atoms with Gasteiger partial charge in [0.1, 0.15) is 5.76 Å². The lowest BCUT2D eigenvalue weighted by molar-refractivity contribution is -0.120. The standard InChI is InChI=1S/C15H18N2O3S2/c1-11-4-5-13(22-11)15(19)17-9-14(18)16-6-8-21-10-12-3-2-7-20-12/h2-5,7H,6,8-10H2,1H3,(H,16,18)(H,17,19). The number of nitrogens with one attached hydrogen (secondary N) is 2. The molecule has 118 valence electrons. The van der Waals surface area contributed by atoms with E-state index in [9.17, 15) is 9.59 Å². The molecule has 5 nitrogen and oxygen atoms in total. The van der Waals surface area contributed by atoms with Gasteiger partial charge in [-0.3, -0.25) is 9.59 Å².